The molecule has 1 N–H and O–H groups in total. The van der Waals surface area contributed by atoms with Gasteiger partial charge < -0.3 is 14.4 Å². The van der Waals surface area contributed by atoms with Gasteiger partial charge in [-0.2, -0.15) is 0 Å². The van der Waals surface area contributed by atoms with E-state index in [4.69, 9.17) is 18.5 Å². The average Bonchev–Trinajstić information content (AvgIpc) is 3.01. The van der Waals surface area contributed by atoms with Crippen LogP contribution < -0.4 is 0 Å². The molecule has 2 atom stereocenters. The number of carbonyl (C=O) groups excluding carboxylic acids is 2. The van der Waals surface area contributed by atoms with Crippen molar-refractivity contribution in [3.05, 3.63) is 12.2 Å². The lowest BCUT2D eigenvalue weighted by Gasteiger charge is -2.19. The molecule has 9 heteroatoms. The van der Waals surface area contributed by atoms with E-state index in [1.807, 2.05) is 0 Å². The molecular formula is C36H69O8P. The van der Waals surface area contributed by atoms with E-state index in [0.29, 0.717) is 12.8 Å². The fourth-order valence-electron chi connectivity index (χ4n) is 5.09. The number of hydrogen-bond donors (Lipinski definition) is 1. The molecule has 0 saturated heterocycles. The van der Waals surface area contributed by atoms with E-state index in [1.165, 1.54) is 89.9 Å². The topological polar surface area (TPSA) is 108 Å². The van der Waals surface area contributed by atoms with E-state index in [0.717, 1.165) is 51.4 Å². The molecule has 0 fully saturated rings. The summed E-state index contributed by atoms with van der Waals surface area (Å²) in [6.45, 7) is 5.44. The highest BCUT2D eigenvalue weighted by atomic mass is 31.2. The smallest absolute Gasteiger partial charge is 0.462 e. The van der Waals surface area contributed by atoms with Crippen LogP contribution in [0, 0.1) is 0 Å². The van der Waals surface area contributed by atoms with Gasteiger partial charge >= 0.3 is 19.8 Å². The zero-order valence-electron chi connectivity index (χ0n) is 29.3. The number of esters is 2. The van der Waals surface area contributed by atoms with Crippen LogP contribution in [0.15, 0.2) is 12.2 Å². The fourth-order valence-corrected chi connectivity index (χ4v) is 5.85. The Hall–Kier alpha value is -1.21. The van der Waals surface area contributed by atoms with Crippen LogP contribution in [0.4, 0.5) is 0 Å². The van der Waals surface area contributed by atoms with Crippen LogP contribution in [0.2, 0.25) is 0 Å². The van der Waals surface area contributed by atoms with Gasteiger partial charge in [-0.3, -0.25) is 18.6 Å². The lowest BCUT2D eigenvalue weighted by atomic mass is 10.1. The molecule has 0 saturated carbocycles. The molecule has 0 aromatic heterocycles. The summed E-state index contributed by atoms with van der Waals surface area (Å²) in [5.41, 5.74) is 0. The first kappa shape index (κ1) is 43.8. The van der Waals surface area contributed by atoms with Crippen molar-refractivity contribution < 1.29 is 37.6 Å². The molecular weight excluding hydrogens is 591 g/mol. The standard InChI is InChI=1S/C36H69O8P/c1-4-7-9-11-13-15-17-18-19-21-23-25-27-29-31-36(38)44-34(33-43-45(39,40)42-6-3)32-41-35(37)30-28-26-24-22-20-16-14-12-10-8-5-2/h17-18,34H,4-16,19-33H2,1-3H3,(H,39,40)/b18-17-. The van der Waals surface area contributed by atoms with E-state index in [-0.39, 0.29) is 25.6 Å². The second-order valence-electron chi connectivity index (χ2n) is 12.2. The number of phosphoric acid groups is 1. The highest BCUT2D eigenvalue weighted by Gasteiger charge is 2.25. The molecule has 0 amide bonds. The van der Waals surface area contributed by atoms with Crippen LogP contribution in [-0.2, 0) is 32.7 Å². The van der Waals surface area contributed by atoms with Gasteiger partial charge in [-0.1, -0.05) is 135 Å². The number of phosphoric ester groups is 1. The Bertz CT molecular complexity index is 757. The lowest BCUT2D eigenvalue weighted by Crippen LogP contribution is -2.29. The first-order valence-electron chi connectivity index (χ1n) is 18.5. The van der Waals surface area contributed by atoms with Crippen molar-refractivity contribution in [2.24, 2.45) is 0 Å². The van der Waals surface area contributed by atoms with E-state index in [9.17, 15) is 19.0 Å². The first-order chi connectivity index (χ1) is 21.8. The van der Waals surface area contributed by atoms with Gasteiger partial charge in [0.2, 0.25) is 0 Å². The zero-order valence-corrected chi connectivity index (χ0v) is 30.2. The molecule has 0 rings (SSSR count). The fraction of sp³-hybridized carbons (Fsp3) is 0.889. The van der Waals surface area contributed by atoms with E-state index in [2.05, 4.69) is 26.0 Å². The summed E-state index contributed by atoms with van der Waals surface area (Å²) in [4.78, 5) is 34.5. The Labute approximate surface area is 276 Å². The van der Waals surface area contributed by atoms with Gasteiger partial charge in [0.05, 0.1) is 13.2 Å². The summed E-state index contributed by atoms with van der Waals surface area (Å²) in [5.74, 6) is -0.804. The van der Waals surface area contributed by atoms with Crippen LogP contribution in [0.5, 0.6) is 0 Å². The third-order valence-corrected chi connectivity index (χ3v) is 8.88. The molecule has 0 radical (unpaired) electrons. The predicted octanol–water partition coefficient (Wildman–Crippen LogP) is 10.9. The van der Waals surface area contributed by atoms with Gasteiger partial charge in [-0.25, -0.2) is 4.57 Å². The van der Waals surface area contributed by atoms with Gasteiger partial charge in [-0.15, -0.1) is 0 Å². The normalized spacial score (nSPS) is 13.6. The SMILES string of the molecule is CCCCCCC/C=C\CCCCCCCC(=O)OC(COC(=O)CCCCCCCCCCCCC)COP(=O)(O)OCC. The lowest BCUT2D eigenvalue weighted by molar-refractivity contribution is -0.161. The third kappa shape index (κ3) is 32.5. The number of ether oxygens (including phenoxy) is 2. The molecule has 0 aromatic carbocycles. The molecule has 266 valence electrons. The third-order valence-electron chi connectivity index (χ3n) is 7.82. The molecule has 45 heavy (non-hydrogen) atoms. The highest BCUT2D eigenvalue weighted by molar-refractivity contribution is 7.47. The molecule has 0 aromatic rings. The van der Waals surface area contributed by atoms with Gasteiger partial charge in [-0.05, 0) is 45.4 Å². The van der Waals surface area contributed by atoms with Gasteiger partial charge in [0.15, 0.2) is 6.10 Å². The minimum Gasteiger partial charge on any atom is -0.462 e. The highest BCUT2D eigenvalue weighted by Crippen LogP contribution is 2.43. The van der Waals surface area contributed by atoms with Crippen LogP contribution in [0.1, 0.15) is 181 Å². The van der Waals surface area contributed by atoms with Gasteiger partial charge in [0.25, 0.3) is 0 Å². The maximum absolute atomic E-state index is 12.5. The Balaban J connectivity index is 4.17. The molecule has 0 aliphatic carbocycles. The number of carbonyl (C=O) groups is 2. The van der Waals surface area contributed by atoms with Crippen molar-refractivity contribution in [1.29, 1.82) is 0 Å². The van der Waals surface area contributed by atoms with E-state index >= 15 is 0 Å². The minimum absolute atomic E-state index is 0.00158. The van der Waals surface area contributed by atoms with E-state index < -0.39 is 26.5 Å². The molecule has 0 aliphatic rings. The average molecular weight is 661 g/mol. The van der Waals surface area contributed by atoms with Crippen LogP contribution in [-0.4, -0.2) is 42.8 Å². The van der Waals surface area contributed by atoms with Crippen molar-refractivity contribution >= 4 is 19.8 Å². The second-order valence-corrected chi connectivity index (χ2v) is 13.7. The summed E-state index contributed by atoms with van der Waals surface area (Å²) in [6.07, 6.45) is 31.2. The molecule has 2 unspecified atom stereocenters. The zero-order chi connectivity index (χ0) is 33.3. The largest absolute Gasteiger partial charge is 0.472 e. The van der Waals surface area contributed by atoms with Crippen LogP contribution in [0.3, 0.4) is 0 Å². The maximum Gasteiger partial charge on any atom is 0.472 e. The summed E-state index contributed by atoms with van der Waals surface area (Å²) in [5, 5.41) is 0. The molecule has 0 aliphatic heterocycles. The quantitative estimate of drug-likeness (QED) is 0.0314. The van der Waals surface area contributed by atoms with Crippen LogP contribution >= 0.6 is 7.82 Å². The summed E-state index contributed by atoms with van der Waals surface area (Å²) < 4.78 is 32.4. The Morgan fingerprint density at radius 1 is 0.578 bits per heavy atom. The van der Waals surface area contributed by atoms with Gasteiger partial charge in [0.1, 0.15) is 6.61 Å². The predicted molar refractivity (Wildman–Crippen MR) is 184 cm³/mol. The minimum atomic E-state index is -4.27. The Kier molecular flexibility index (Phi) is 31.8. The molecule has 8 nitrogen and oxygen atoms in total. The summed E-state index contributed by atoms with van der Waals surface area (Å²) in [6, 6.07) is 0. The van der Waals surface area contributed by atoms with Crippen molar-refractivity contribution in [1.82, 2.24) is 0 Å². The van der Waals surface area contributed by atoms with Crippen molar-refractivity contribution in [3.8, 4) is 0 Å². The number of hydrogen-bond acceptors (Lipinski definition) is 7. The number of rotatable bonds is 34. The van der Waals surface area contributed by atoms with Crippen LogP contribution in [0.25, 0.3) is 0 Å². The van der Waals surface area contributed by atoms with Gasteiger partial charge in [0, 0.05) is 12.8 Å². The van der Waals surface area contributed by atoms with Crippen molar-refractivity contribution in [2.75, 3.05) is 19.8 Å². The summed E-state index contributed by atoms with van der Waals surface area (Å²) >= 11 is 0. The number of allylic oxidation sites excluding steroid dienone is 2. The van der Waals surface area contributed by atoms with Crippen molar-refractivity contribution in [2.45, 2.75) is 187 Å². The van der Waals surface area contributed by atoms with E-state index in [1.54, 1.807) is 6.92 Å². The second kappa shape index (κ2) is 32.7. The molecule has 0 heterocycles. The molecule has 0 bridgehead atoms. The maximum atomic E-state index is 12.5. The Morgan fingerprint density at radius 2 is 1.00 bits per heavy atom. The monoisotopic (exact) mass is 660 g/mol. The number of unbranched alkanes of at least 4 members (excludes halogenated alkanes) is 20. The molecule has 0 spiro atoms. The van der Waals surface area contributed by atoms with Crippen molar-refractivity contribution in [3.63, 3.8) is 0 Å². The first-order valence-corrected chi connectivity index (χ1v) is 20.0. The Morgan fingerprint density at radius 3 is 1.47 bits per heavy atom. The summed E-state index contributed by atoms with van der Waals surface area (Å²) in [7, 11) is -4.27.